The lowest BCUT2D eigenvalue weighted by atomic mass is 10.1. The molecule has 34 heavy (non-hydrogen) atoms. The van der Waals surface area contributed by atoms with Crippen molar-refractivity contribution in [1.29, 1.82) is 0 Å². The Labute approximate surface area is 193 Å². The number of halogens is 2. The summed E-state index contributed by atoms with van der Waals surface area (Å²) in [5, 5.41) is 0. The lowest BCUT2D eigenvalue weighted by molar-refractivity contribution is -0.0504. The molecule has 3 heterocycles. The Balaban J connectivity index is 1.63. The minimum absolute atomic E-state index is 0.131. The number of hydrogen-bond acceptors (Lipinski definition) is 4. The van der Waals surface area contributed by atoms with Crippen molar-refractivity contribution in [3.8, 4) is 16.9 Å². The number of nitrogens with zero attached hydrogens (tertiary/aromatic N) is 3. The summed E-state index contributed by atoms with van der Waals surface area (Å²) in [5.74, 6) is 0.915. The molecule has 0 amide bonds. The molecule has 0 saturated carbocycles. The number of aromatic nitrogens is 4. The first-order valence-corrected chi connectivity index (χ1v) is 10.7. The molecule has 5 aromatic rings. The number of rotatable bonds is 7. The van der Waals surface area contributed by atoms with Crippen molar-refractivity contribution >= 4 is 11.0 Å². The molecule has 0 saturated heterocycles. The molecule has 0 aliphatic carbocycles. The van der Waals surface area contributed by atoms with E-state index in [1.54, 1.807) is 42.9 Å². The molecule has 6 nitrogen and oxygen atoms in total. The van der Waals surface area contributed by atoms with Gasteiger partial charge in [0.1, 0.15) is 11.6 Å². The van der Waals surface area contributed by atoms with Crippen LogP contribution in [0, 0.1) is 0 Å². The molecule has 0 atom stereocenters. The van der Waals surface area contributed by atoms with Gasteiger partial charge in [0, 0.05) is 36.6 Å². The second kappa shape index (κ2) is 9.27. The summed E-state index contributed by atoms with van der Waals surface area (Å²) in [6.45, 7) is -2.61. The average Bonchev–Trinajstić information content (AvgIpc) is 3.17. The monoisotopic (exact) mass is 458 g/mol. The number of H-pyrrole nitrogens is 1. The number of alkyl halides is 2. The van der Waals surface area contributed by atoms with Crippen molar-refractivity contribution in [3.63, 3.8) is 0 Å². The van der Waals surface area contributed by atoms with Crippen molar-refractivity contribution in [3.05, 3.63) is 113 Å². The van der Waals surface area contributed by atoms with Crippen molar-refractivity contribution in [2.45, 2.75) is 19.6 Å². The number of aromatic amines is 1. The van der Waals surface area contributed by atoms with E-state index in [1.165, 1.54) is 12.1 Å². The van der Waals surface area contributed by atoms with Gasteiger partial charge < -0.3 is 14.3 Å². The fourth-order valence-corrected chi connectivity index (χ4v) is 3.95. The van der Waals surface area contributed by atoms with E-state index in [1.807, 2.05) is 34.9 Å². The minimum atomic E-state index is -2.91. The van der Waals surface area contributed by atoms with Crippen LogP contribution in [0.15, 0.2) is 90.1 Å². The first-order valence-electron chi connectivity index (χ1n) is 10.7. The number of imidazole rings is 1. The third-order valence-corrected chi connectivity index (χ3v) is 5.57. The van der Waals surface area contributed by atoms with E-state index in [-0.39, 0.29) is 11.3 Å². The number of benzene rings is 2. The summed E-state index contributed by atoms with van der Waals surface area (Å²) in [4.78, 5) is 23.1. The van der Waals surface area contributed by atoms with Crippen molar-refractivity contribution < 1.29 is 13.5 Å². The molecule has 0 aliphatic heterocycles. The van der Waals surface area contributed by atoms with Crippen molar-refractivity contribution in [2.75, 3.05) is 0 Å². The molecule has 170 valence electrons. The van der Waals surface area contributed by atoms with E-state index in [0.717, 1.165) is 33.5 Å². The second-order valence-corrected chi connectivity index (χ2v) is 7.78. The van der Waals surface area contributed by atoms with E-state index < -0.39 is 6.61 Å². The van der Waals surface area contributed by atoms with Gasteiger partial charge in [-0.25, -0.2) is 4.98 Å². The zero-order valence-electron chi connectivity index (χ0n) is 18.0. The third kappa shape index (κ3) is 4.56. The smallest absolute Gasteiger partial charge is 0.387 e. The summed E-state index contributed by atoms with van der Waals surface area (Å²) >= 11 is 0. The molecule has 3 aromatic heterocycles. The molecular weight excluding hydrogens is 438 g/mol. The first-order chi connectivity index (χ1) is 16.6. The predicted molar refractivity (Wildman–Crippen MR) is 125 cm³/mol. The van der Waals surface area contributed by atoms with Gasteiger partial charge in [-0.15, -0.1) is 0 Å². The lowest BCUT2D eigenvalue weighted by Gasteiger charge is -2.14. The molecule has 2 aromatic carbocycles. The molecule has 1 N–H and O–H groups in total. The van der Waals surface area contributed by atoms with Crippen LogP contribution in [-0.2, 0) is 13.0 Å². The van der Waals surface area contributed by atoms with Gasteiger partial charge in [0.15, 0.2) is 0 Å². The van der Waals surface area contributed by atoms with Gasteiger partial charge in [-0.05, 0) is 53.1 Å². The predicted octanol–water partition coefficient (Wildman–Crippen LogP) is 5.03. The normalized spacial score (nSPS) is 11.3. The highest BCUT2D eigenvalue weighted by Crippen LogP contribution is 2.28. The summed E-state index contributed by atoms with van der Waals surface area (Å²) in [6.07, 6.45) is 5.65. The Morgan fingerprint density at radius 2 is 1.76 bits per heavy atom. The molecule has 0 unspecified atom stereocenters. The fourth-order valence-electron chi connectivity index (χ4n) is 3.95. The maximum absolute atomic E-state index is 13.0. The van der Waals surface area contributed by atoms with Crippen molar-refractivity contribution in [1.82, 2.24) is 19.5 Å². The van der Waals surface area contributed by atoms with Gasteiger partial charge in [-0.2, -0.15) is 8.78 Å². The Hall–Kier alpha value is -4.33. The summed E-state index contributed by atoms with van der Waals surface area (Å²) in [7, 11) is 0. The number of nitrogens with one attached hydrogen (secondary N) is 1. The van der Waals surface area contributed by atoms with Gasteiger partial charge in [0.2, 0.25) is 5.56 Å². The molecule has 8 heteroatoms. The highest BCUT2D eigenvalue weighted by atomic mass is 19.3. The largest absolute Gasteiger partial charge is 0.434 e. The molecule has 5 rings (SSSR count). The van der Waals surface area contributed by atoms with Crippen LogP contribution in [0.25, 0.3) is 22.2 Å². The standard InChI is InChI=1S/C26H20F2N4O2/c27-26(28)34-23-4-2-1-3-20(23)16-32-22-14-18(19-6-8-25(33)30-15-19)5-7-21(22)31-24(32)13-17-9-11-29-12-10-17/h1-12,14-15,26H,13,16H2,(H,30,33). The Bertz CT molecular complexity index is 1480. The third-order valence-electron chi connectivity index (χ3n) is 5.57. The number of fused-ring (bicyclic) bond motifs is 1. The van der Waals surface area contributed by atoms with Crippen LogP contribution in [0.3, 0.4) is 0 Å². The van der Waals surface area contributed by atoms with E-state index >= 15 is 0 Å². The van der Waals surface area contributed by atoms with Crippen LogP contribution in [0.4, 0.5) is 8.78 Å². The first kappa shape index (κ1) is 21.5. The van der Waals surface area contributed by atoms with E-state index in [0.29, 0.717) is 18.5 Å². The highest BCUT2D eigenvalue weighted by molar-refractivity contribution is 5.82. The van der Waals surface area contributed by atoms with Crippen LogP contribution in [-0.4, -0.2) is 26.1 Å². The number of ether oxygens (including phenoxy) is 1. The minimum Gasteiger partial charge on any atom is -0.434 e. The lowest BCUT2D eigenvalue weighted by Crippen LogP contribution is -2.09. The zero-order chi connectivity index (χ0) is 23.5. The molecule has 0 radical (unpaired) electrons. The SMILES string of the molecule is O=c1ccc(-c2ccc3nc(Cc4ccncc4)n(Cc4ccccc4OC(F)F)c3c2)c[nH]1. The maximum atomic E-state index is 13.0. The van der Waals surface area contributed by atoms with Crippen LogP contribution < -0.4 is 10.3 Å². The van der Waals surface area contributed by atoms with Gasteiger partial charge in [0.05, 0.1) is 17.6 Å². The van der Waals surface area contributed by atoms with Gasteiger partial charge >= 0.3 is 6.61 Å². The molecular formula is C26H20F2N4O2. The highest BCUT2D eigenvalue weighted by Gasteiger charge is 2.16. The fraction of sp³-hybridized carbons (Fsp3) is 0.115. The molecule has 0 fully saturated rings. The summed E-state index contributed by atoms with van der Waals surface area (Å²) in [6, 6.07) is 19.7. The van der Waals surface area contributed by atoms with Crippen LogP contribution >= 0.6 is 0 Å². The molecule has 0 bridgehead atoms. The number of pyridine rings is 2. The number of para-hydroxylation sites is 1. The van der Waals surface area contributed by atoms with Gasteiger partial charge in [0.25, 0.3) is 0 Å². The second-order valence-electron chi connectivity index (χ2n) is 7.78. The Morgan fingerprint density at radius 1 is 0.971 bits per heavy atom. The maximum Gasteiger partial charge on any atom is 0.387 e. The van der Waals surface area contributed by atoms with Crippen LogP contribution in [0.2, 0.25) is 0 Å². The van der Waals surface area contributed by atoms with E-state index in [9.17, 15) is 13.6 Å². The zero-order valence-corrected chi connectivity index (χ0v) is 18.0. The van der Waals surface area contributed by atoms with Gasteiger partial charge in [-0.3, -0.25) is 9.78 Å². The Morgan fingerprint density at radius 3 is 2.53 bits per heavy atom. The van der Waals surface area contributed by atoms with Gasteiger partial charge in [-0.1, -0.05) is 24.3 Å². The van der Waals surface area contributed by atoms with E-state index in [2.05, 4.69) is 9.97 Å². The topological polar surface area (TPSA) is 72.8 Å². The van der Waals surface area contributed by atoms with E-state index in [4.69, 9.17) is 9.72 Å². The van der Waals surface area contributed by atoms with Crippen molar-refractivity contribution in [2.24, 2.45) is 0 Å². The van der Waals surface area contributed by atoms with Crippen LogP contribution in [0.5, 0.6) is 5.75 Å². The molecule has 0 spiro atoms. The molecule has 0 aliphatic rings. The summed E-state index contributed by atoms with van der Waals surface area (Å²) < 4.78 is 32.8. The quantitative estimate of drug-likeness (QED) is 0.371. The number of hydrogen-bond donors (Lipinski definition) is 1. The average molecular weight is 458 g/mol. The Kier molecular flexibility index (Phi) is 5.86. The summed E-state index contributed by atoms with van der Waals surface area (Å²) in [5.41, 5.74) is 4.86. The van der Waals surface area contributed by atoms with Crippen LogP contribution in [0.1, 0.15) is 17.0 Å².